The van der Waals surface area contributed by atoms with Crippen LogP contribution in [-0.4, -0.2) is 70.6 Å². The van der Waals surface area contributed by atoms with Crippen molar-refractivity contribution in [2.75, 3.05) is 59.7 Å². The van der Waals surface area contributed by atoms with Gasteiger partial charge in [0.2, 0.25) is 0 Å². The number of nitrogens with one attached hydrogen (secondary N) is 1. The van der Waals surface area contributed by atoms with Gasteiger partial charge in [0.05, 0.1) is 6.54 Å². The van der Waals surface area contributed by atoms with Gasteiger partial charge in [-0.15, -0.1) is 24.0 Å². The van der Waals surface area contributed by atoms with E-state index < -0.39 is 0 Å². The molecule has 2 rings (SSSR count). The topological polar surface area (TPSA) is 55.3 Å². The summed E-state index contributed by atoms with van der Waals surface area (Å²) in [5, 5.41) is 3.35. The van der Waals surface area contributed by atoms with E-state index in [1.54, 1.807) is 0 Å². The SMILES string of the molecule is CCNC(=NCCCOCC1CCOCC1)N(C)CCOc1ccccc1C.I. The summed E-state index contributed by atoms with van der Waals surface area (Å²) in [6.45, 7) is 10.5. The molecule has 1 aliphatic heterocycles. The Hall–Kier alpha value is -1.06. The number of guanidine groups is 1. The first kappa shape index (κ1) is 26.0. The van der Waals surface area contributed by atoms with E-state index in [1.165, 1.54) is 0 Å². The molecule has 0 radical (unpaired) electrons. The van der Waals surface area contributed by atoms with E-state index in [1.807, 2.05) is 25.2 Å². The Morgan fingerprint density at radius 1 is 1.24 bits per heavy atom. The Kier molecular flexibility index (Phi) is 14.1. The molecule has 1 aliphatic rings. The highest BCUT2D eigenvalue weighted by Gasteiger charge is 2.13. The first-order chi connectivity index (χ1) is 13.7. The minimum absolute atomic E-state index is 0. The van der Waals surface area contributed by atoms with Crippen molar-refractivity contribution < 1.29 is 14.2 Å². The molecule has 1 N–H and O–H groups in total. The zero-order chi connectivity index (χ0) is 20.0. The van der Waals surface area contributed by atoms with Crippen molar-refractivity contribution in [1.29, 1.82) is 0 Å². The molecular formula is C22H38IN3O3. The second-order valence-corrected chi connectivity index (χ2v) is 7.26. The number of hydrogen-bond donors (Lipinski definition) is 1. The van der Waals surface area contributed by atoms with Gasteiger partial charge in [0.25, 0.3) is 0 Å². The van der Waals surface area contributed by atoms with Crippen molar-refractivity contribution in [1.82, 2.24) is 10.2 Å². The maximum Gasteiger partial charge on any atom is 0.193 e. The first-order valence-electron chi connectivity index (χ1n) is 10.5. The summed E-state index contributed by atoms with van der Waals surface area (Å²) >= 11 is 0. The predicted molar refractivity (Wildman–Crippen MR) is 130 cm³/mol. The average molecular weight is 519 g/mol. The van der Waals surface area contributed by atoms with Gasteiger partial charge in [-0.1, -0.05) is 18.2 Å². The number of aliphatic imine (C=N–C) groups is 1. The molecule has 0 aliphatic carbocycles. The van der Waals surface area contributed by atoms with Crippen LogP contribution >= 0.6 is 24.0 Å². The maximum atomic E-state index is 5.90. The lowest BCUT2D eigenvalue weighted by Gasteiger charge is -2.22. The molecule has 6 nitrogen and oxygen atoms in total. The van der Waals surface area contributed by atoms with Gasteiger partial charge in [-0.05, 0) is 50.7 Å². The lowest BCUT2D eigenvalue weighted by atomic mass is 10.0. The van der Waals surface area contributed by atoms with Crippen LogP contribution in [0.25, 0.3) is 0 Å². The normalized spacial score (nSPS) is 14.9. The zero-order valence-corrected chi connectivity index (χ0v) is 20.5. The fraction of sp³-hybridized carbons (Fsp3) is 0.682. The van der Waals surface area contributed by atoms with Gasteiger partial charge in [0.1, 0.15) is 12.4 Å². The van der Waals surface area contributed by atoms with Gasteiger partial charge < -0.3 is 24.4 Å². The Bertz CT molecular complexity index is 580. The third-order valence-corrected chi connectivity index (χ3v) is 4.88. The quantitative estimate of drug-likeness (QED) is 0.209. The van der Waals surface area contributed by atoms with Crippen LogP contribution in [0.4, 0.5) is 0 Å². The fourth-order valence-corrected chi connectivity index (χ4v) is 3.10. The van der Waals surface area contributed by atoms with Gasteiger partial charge in [0, 0.05) is 46.6 Å². The zero-order valence-electron chi connectivity index (χ0n) is 18.2. The highest BCUT2D eigenvalue weighted by Crippen LogP contribution is 2.16. The largest absolute Gasteiger partial charge is 0.491 e. The van der Waals surface area contributed by atoms with Gasteiger partial charge in [-0.2, -0.15) is 0 Å². The van der Waals surface area contributed by atoms with E-state index in [0.717, 1.165) is 82.6 Å². The summed E-state index contributed by atoms with van der Waals surface area (Å²) in [5.41, 5.74) is 1.16. The number of likely N-dealkylation sites (N-methyl/N-ethyl adjacent to an activating group) is 1. The van der Waals surface area contributed by atoms with E-state index in [9.17, 15) is 0 Å². The van der Waals surface area contributed by atoms with Crippen molar-refractivity contribution >= 4 is 29.9 Å². The second kappa shape index (κ2) is 15.7. The predicted octanol–water partition coefficient (Wildman–Crippen LogP) is 3.72. The molecule has 0 aromatic heterocycles. The minimum atomic E-state index is 0. The number of hydrogen-bond acceptors (Lipinski definition) is 4. The van der Waals surface area contributed by atoms with Crippen LogP contribution in [0.3, 0.4) is 0 Å². The average Bonchev–Trinajstić information content (AvgIpc) is 2.72. The highest BCUT2D eigenvalue weighted by atomic mass is 127. The van der Waals surface area contributed by atoms with E-state index in [-0.39, 0.29) is 24.0 Å². The Labute approximate surface area is 193 Å². The highest BCUT2D eigenvalue weighted by molar-refractivity contribution is 14.0. The van der Waals surface area contributed by atoms with Gasteiger partial charge >= 0.3 is 0 Å². The van der Waals surface area contributed by atoms with Crippen molar-refractivity contribution in [2.24, 2.45) is 10.9 Å². The molecule has 1 fully saturated rings. The number of aryl methyl sites for hydroxylation is 1. The van der Waals surface area contributed by atoms with Crippen LogP contribution < -0.4 is 10.1 Å². The van der Waals surface area contributed by atoms with E-state index in [2.05, 4.69) is 30.1 Å². The molecule has 1 heterocycles. The summed E-state index contributed by atoms with van der Waals surface area (Å²) in [6, 6.07) is 8.10. The van der Waals surface area contributed by atoms with Crippen LogP contribution in [0.2, 0.25) is 0 Å². The summed E-state index contributed by atoms with van der Waals surface area (Å²) in [4.78, 5) is 6.83. The summed E-state index contributed by atoms with van der Waals surface area (Å²) in [5.74, 6) is 2.52. The number of nitrogens with zero attached hydrogens (tertiary/aromatic N) is 2. The molecule has 0 amide bonds. The molecule has 0 unspecified atom stereocenters. The van der Waals surface area contributed by atoms with Crippen molar-refractivity contribution in [3.8, 4) is 5.75 Å². The van der Waals surface area contributed by atoms with Crippen LogP contribution in [0.15, 0.2) is 29.3 Å². The third kappa shape index (κ3) is 10.5. The third-order valence-electron chi connectivity index (χ3n) is 4.88. The van der Waals surface area contributed by atoms with Crippen LogP contribution in [0.5, 0.6) is 5.75 Å². The van der Waals surface area contributed by atoms with Crippen LogP contribution in [0, 0.1) is 12.8 Å². The summed E-state index contributed by atoms with van der Waals surface area (Å²) < 4.78 is 17.1. The number of halogens is 1. The van der Waals surface area contributed by atoms with Gasteiger partial charge in [0.15, 0.2) is 5.96 Å². The maximum absolute atomic E-state index is 5.90. The smallest absolute Gasteiger partial charge is 0.193 e. The Balaban J connectivity index is 0.00000420. The molecule has 1 aromatic rings. The number of para-hydroxylation sites is 1. The molecule has 166 valence electrons. The molecule has 0 bridgehead atoms. The van der Waals surface area contributed by atoms with Crippen molar-refractivity contribution in [3.05, 3.63) is 29.8 Å². The van der Waals surface area contributed by atoms with Gasteiger partial charge in [-0.25, -0.2) is 0 Å². The first-order valence-corrected chi connectivity index (χ1v) is 10.5. The van der Waals surface area contributed by atoms with E-state index in [4.69, 9.17) is 19.2 Å². The molecular weight excluding hydrogens is 481 g/mol. The summed E-state index contributed by atoms with van der Waals surface area (Å²) in [7, 11) is 2.05. The monoisotopic (exact) mass is 519 g/mol. The Morgan fingerprint density at radius 3 is 2.72 bits per heavy atom. The standard InChI is InChI=1S/C22H37N3O3.HI/c1-4-23-22(24-12-7-14-27-18-20-10-15-26-16-11-20)25(3)13-17-28-21-9-6-5-8-19(21)2;/h5-6,8-9,20H,4,7,10-18H2,1-3H3,(H,23,24);1H. The number of ether oxygens (including phenoxy) is 3. The second-order valence-electron chi connectivity index (χ2n) is 7.26. The lowest BCUT2D eigenvalue weighted by Crippen LogP contribution is -2.41. The van der Waals surface area contributed by atoms with Crippen molar-refractivity contribution in [2.45, 2.75) is 33.1 Å². The molecule has 29 heavy (non-hydrogen) atoms. The molecule has 7 heteroatoms. The van der Waals surface area contributed by atoms with Crippen LogP contribution in [-0.2, 0) is 9.47 Å². The number of benzene rings is 1. The molecule has 0 spiro atoms. The summed E-state index contributed by atoms with van der Waals surface area (Å²) in [6.07, 6.45) is 3.18. The molecule has 1 aromatic carbocycles. The van der Waals surface area contributed by atoms with Crippen LogP contribution in [0.1, 0.15) is 31.7 Å². The molecule has 0 atom stereocenters. The fourth-order valence-electron chi connectivity index (χ4n) is 3.10. The number of rotatable bonds is 11. The van der Waals surface area contributed by atoms with E-state index in [0.29, 0.717) is 12.5 Å². The van der Waals surface area contributed by atoms with Crippen molar-refractivity contribution in [3.63, 3.8) is 0 Å². The molecule has 0 saturated carbocycles. The molecule has 1 saturated heterocycles. The minimum Gasteiger partial charge on any atom is -0.491 e. The van der Waals surface area contributed by atoms with Gasteiger partial charge in [-0.3, -0.25) is 4.99 Å². The Morgan fingerprint density at radius 2 is 2.00 bits per heavy atom. The lowest BCUT2D eigenvalue weighted by molar-refractivity contribution is 0.0205. The van der Waals surface area contributed by atoms with E-state index >= 15 is 0 Å².